The predicted octanol–water partition coefficient (Wildman–Crippen LogP) is 2.00. The van der Waals surface area contributed by atoms with E-state index >= 15 is 0 Å². The lowest BCUT2D eigenvalue weighted by Crippen LogP contribution is -2.13. The summed E-state index contributed by atoms with van der Waals surface area (Å²) in [5.41, 5.74) is 0.831. The fraction of sp³-hybridized carbons (Fsp3) is 0.438. The maximum absolute atomic E-state index is 11.6. The van der Waals surface area contributed by atoms with Crippen molar-refractivity contribution in [3.63, 3.8) is 0 Å². The third-order valence-corrected chi connectivity index (χ3v) is 5.98. The largest absolute Gasteiger partial charge is 0.493 e. The highest BCUT2D eigenvalue weighted by molar-refractivity contribution is 7.91. The molecule has 0 unspecified atom stereocenters. The van der Waals surface area contributed by atoms with E-state index in [4.69, 9.17) is 9.47 Å². The molecule has 0 amide bonds. The van der Waals surface area contributed by atoms with E-state index < -0.39 is 9.84 Å². The van der Waals surface area contributed by atoms with Crippen molar-refractivity contribution in [2.45, 2.75) is 13.0 Å². The number of hydrogen-bond acceptors (Lipinski definition) is 5. The molecule has 1 aromatic carbocycles. The van der Waals surface area contributed by atoms with Crippen LogP contribution in [0.4, 0.5) is 0 Å². The summed E-state index contributed by atoms with van der Waals surface area (Å²) in [5.74, 6) is 2.68. The first-order valence-electron chi connectivity index (χ1n) is 7.47. The number of sulfone groups is 1. The van der Waals surface area contributed by atoms with Gasteiger partial charge in [0.25, 0.3) is 0 Å². The monoisotopic (exact) mass is 336 g/mol. The second-order valence-electron chi connectivity index (χ2n) is 5.71. The number of para-hydroxylation sites is 1. The Kier molecular flexibility index (Phi) is 4.30. The summed E-state index contributed by atoms with van der Waals surface area (Å²) in [7, 11) is 0.312. The van der Waals surface area contributed by atoms with Crippen molar-refractivity contribution in [2.75, 3.05) is 25.7 Å². The van der Waals surface area contributed by atoms with Crippen molar-refractivity contribution < 1.29 is 17.9 Å². The molecule has 1 fully saturated rings. The smallest absolute Gasteiger partial charge is 0.171 e. The first kappa shape index (κ1) is 15.9. The van der Waals surface area contributed by atoms with Gasteiger partial charge in [0, 0.05) is 18.9 Å². The summed E-state index contributed by atoms with van der Waals surface area (Å²) in [5, 5.41) is 0. The summed E-state index contributed by atoms with van der Waals surface area (Å²) in [4.78, 5) is 4.43. The van der Waals surface area contributed by atoms with Gasteiger partial charge in [0.05, 0.1) is 31.3 Å². The molecule has 2 heterocycles. The second kappa shape index (κ2) is 6.23. The van der Waals surface area contributed by atoms with E-state index in [9.17, 15) is 8.42 Å². The van der Waals surface area contributed by atoms with Gasteiger partial charge in [-0.2, -0.15) is 0 Å². The highest BCUT2D eigenvalue weighted by Gasteiger charge is 2.28. The molecule has 6 nitrogen and oxygen atoms in total. The minimum Gasteiger partial charge on any atom is -0.493 e. The van der Waals surface area contributed by atoms with Crippen molar-refractivity contribution in [3.8, 4) is 22.9 Å². The van der Waals surface area contributed by atoms with Crippen LogP contribution in [-0.4, -0.2) is 43.7 Å². The molecule has 7 heteroatoms. The molecule has 23 heavy (non-hydrogen) atoms. The van der Waals surface area contributed by atoms with Gasteiger partial charge < -0.3 is 14.0 Å². The summed E-state index contributed by atoms with van der Waals surface area (Å²) < 4.78 is 36.1. The van der Waals surface area contributed by atoms with E-state index in [2.05, 4.69) is 4.98 Å². The molecule has 2 aromatic rings. The Hall–Kier alpha value is -2.02. The molecule has 0 spiro atoms. The quantitative estimate of drug-likeness (QED) is 0.835. The molecule has 0 bridgehead atoms. The molecule has 1 atom stereocenters. The van der Waals surface area contributed by atoms with Crippen LogP contribution < -0.4 is 9.47 Å². The molecule has 124 valence electrons. The summed E-state index contributed by atoms with van der Waals surface area (Å²) in [6, 6.07) is 5.64. The van der Waals surface area contributed by atoms with Gasteiger partial charge in [0.1, 0.15) is 5.82 Å². The average molecular weight is 336 g/mol. The van der Waals surface area contributed by atoms with Crippen molar-refractivity contribution in [1.82, 2.24) is 9.55 Å². The lowest BCUT2D eigenvalue weighted by Gasteiger charge is -2.15. The van der Waals surface area contributed by atoms with Gasteiger partial charge in [-0.3, -0.25) is 0 Å². The van der Waals surface area contributed by atoms with Crippen LogP contribution in [0.5, 0.6) is 11.5 Å². The molecular formula is C16H20N2O4S. The number of rotatable bonds is 5. The number of benzene rings is 1. The first-order chi connectivity index (χ1) is 11.0. The maximum Gasteiger partial charge on any atom is 0.171 e. The first-order valence-corrected chi connectivity index (χ1v) is 9.29. The van der Waals surface area contributed by atoms with E-state index in [0.717, 1.165) is 11.4 Å². The molecular weight excluding hydrogens is 316 g/mol. The number of aromatic nitrogens is 2. The van der Waals surface area contributed by atoms with Crippen LogP contribution in [0.25, 0.3) is 11.4 Å². The Morgan fingerprint density at radius 3 is 2.78 bits per heavy atom. The van der Waals surface area contributed by atoms with E-state index in [1.165, 1.54) is 0 Å². The standard InChI is InChI=1S/C16H20N2O4S/c1-21-14-5-3-4-13(15(14)22-2)16-17-7-8-18(16)10-12-6-9-23(19,20)11-12/h3-5,7-8,12H,6,9-11H2,1-2H3/t12-/m0/s1. The van der Waals surface area contributed by atoms with Gasteiger partial charge in [-0.1, -0.05) is 6.07 Å². The zero-order chi connectivity index (χ0) is 16.4. The third kappa shape index (κ3) is 3.19. The van der Waals surface area contributed by atoms with Crippen LogP contribution in [-0.2, 0) is 16.4 Å². The molecule has 0 N–H and O–H groups in total. The highest BCUT2D eigenvalue weighted by Crippen LogP contribution is 2.37. The Morgan fingerprint density at radius 1 is 1.30 bits per heavy atom. The Morgan fingerprint density at radius 2 is 2.13 bits per heavy atom. The maximum atomic E-state index is 11.6. The molecule has 1 aromatic heterocycles. The van der Waals surface area contributed by atoms with Crippen molar-refractivity contribution in [2.24, 2.45) is 5.92 Å². The zero-order valence-electron chi connectivity index (χ0n) is 13.2. The summed E-state index contributed by atoms with van der Waals surface area (Å²) in [6.07, 6.45) is 4.30. The number of hydrogen-bond donors (Lipinski definition) is 0. The van der Waals surface area contributed by atoms with Crippen LogP contribution >= 0.6 is 0 Å². The molecule has 3 rings (SSSR count). The van der Waals surface area contributed by atoms with Crippen molar-refractivity contribution >= 4 is 9.84 Å². The summed E-state index contributed by atoms with van der Waals surface area (Å²) in [6.45, 7) is 0.634. The van der Waals surface area contributed by atoms with Gasteiger partial charge in [0.2, 0.25) is 0 Å². The van der Waals surface area contributed by atoms with Crippen molar-refractivity contribution in [3.05, 3.63) is 30.6 Å². The van der Waals surface area contributed by atoms with Crippen LogP contribution in [0.2, 0.25) is 0 Å². The van der Waals surface area contributed by atoms with Gasteiger partial charge in [-0.05, 0) is 24.5 Å². The number of nitrogens with zero attached hydrogens (tertiary/aromatic N) is 2. The predicted molar refractivity (Wildman–Crippen MR) is 87.5 cm³/mol. The molecule has 0 aliphatic carbocycles. The fourth-order valence-electron chi connectivity index (χ4n) is 3.06. The zero-order valence-corrected chi connectivity index (χ0v) is 14.0. The van der Waals surface area contributed by atoms with Gasteiger partial charge in [-0.15, -0.1) is 0 Å². The van der Waals surface area contributed by atoms with Crippen LogP contribution in [0.3, 0.4) is 0 Å². The molecule has 1 saturated heterocycles. The normalized spacial score (nSPS) is 19.7. The number of ether oxygens (including phenoxy) is 2. The van der Waals surface area contributed by atoms with Crippen LogP contribution in [0.15, 0.2) is 30.6 Å². The topological polar surface area (TPSA) is 70.4 Å². The SMILES string of the molecule is COc1cccc(-c2nccn2C[C@@H]2CCS(=O)(=O)C2)c1OC. The average Bonchev–Trinajstić information content (AvgIpc) is 3.12. The Balaban J connectivity index is 1.93. The fourth-order valence-corrected chi connectivity index (χ4v) is 4.91. The molecule has 1 aliphatic rings. The lowest BCUT2D eigenvalue weighted by atomic mass is 10.1. The summed E-state index contributed by atoms with van der Waals surface area (Å²) >= 11 is 0. The second-order valence-corrected chi connectivity index (χ2v) is 7.94. The Bertz CT molecular complexity index is 798. The lowest BCUT2D eigenvalue weighted by molar-refractivity contribution is 0.355. The van der Waals surface area contributed by atoms with E-state index in [0.29, 0.717) is 24.5 Å². The van der Waals surface area contributed by atoms with Crippen LogP contribution in [0.1, 0.15) is 6.42 Å². The minimum absolute atomic E-state index is 0.129. The third-order valence-electron chi connectivity index (χ3n) is 4.14. The van der Waals surface area contributed by atoms with E-state index in [1.807, 2.05) is 29.0 Å². The molecule has 1 aliphatic heterocycles. The molecule has 0 saturated carbocycles. The van der Waals surface area contributed by atoms with Gasteiger partial charge >= 0.3 is 0 Å². The van der Waals surface area contributed by atoms with Gasteiger partial charge in [0.15, 0.2) is 21.3 Å². The van der Waals surface area contributed by atoms with E-state index in [1.54, 1.807) is 20.4 Å². The van der Waals surface area contributed by atoms with Crippen LogP contribution in [0, 0.1) is 5.92 Å². The number of methoxy groups -OCH3 is 2. The highest BCUT2D eigenvalue weighted by atomic mass is 32.2. The molecule has 0 radical (unpaired) electrons. The minimum atomic E-state index is -2.88. The number of imidazole rings is 1. The van der Waals surface area contributed by atoms with Crippen molar-refractivity contribution in [1.29, 1.82) is 0 Å². The Labute approximate surface area is 136 Å². The van der Waals surface area contributed by atoms with Gasteiger partial charge in [-0.25, -0.2) is 13.4 Å². The van der Waals surface area contributed by atoms with E-state index in [-0.39, 0.29) is 17.4 Å².